The number of carbonyl (C=O) groups excluding carboxylic acids is 1. The van der Waals surface area contributed by atoms with Crippen LogP contribution in [0.3, 0.4) is 0 Å². The Morgan fingerprint density at radius 2 is 2.12 bits per heavy atom. The molecule has 126 valence electrons. The lowest BCUT2D eigenvalue weighted by molar-refractivity contribution is 0.0854. The molecule has 1 fully saturated rings. The van der Waals surface area contributed by atoms with Gasteiger partial charge < -0.3 is 15.4 Å². The lowest BCUT2D eigenvalue weighted by atomic mass is 10.1. The number of nitrogens with one attached hydrogen (secondary N) is 2. The highest BCUT2D eigenvalue weighted by Gasteiger charge is 2.17. The number of anilines is 1. The van der Waals surface area contributed by atoms with E-state index in [9.17, 15) is 4.79 Å². The molecule has 5 nitrogen and oxygen atoms in total. The van der Waals surface area contributed by atoms with Crippen LogP contribution >= 0.6 is 0 Å². The number of benzene rings is 1. The summed E-state index contributed by atoms with van der Waals surface area (Å²) < 4.78 is 5.51. The maximum Gasteiger partial charge on any atom is 0.270 e. The van der Waals surface area contributed by atoms with Crippen molar-refractivity contribution in [2.75, 3.05) is 18.5 Å². The molecule has 5 heteroatoms. The molecule has 2 N–H and O–H groups in total. The van der Waals surface area contributed by atoms with E-state index in [2.05, 4.69) is 46.8 Å². The second kappa shape index (κ2) is 7.93. The Bertz CT molecular complexity index is 679. The summed E-state index contributed by atoms with van der Waals surface area (Å²) >= 11 is 0. The lowest BCUT2D eigenvalue weighted by Crippen LogP contribution is -2.32. The second-order valence-electron chi connectivity index (χ2n) is 6.11. The van der Waals surface area contributed by atoms with Crippen molar-refractivity contribution in [3.05, 3.63) is 59.4 Å². The van der Waals surface area contributed by atoms with Crippen LogP contribution in [0, 0.1) is 6.92 Å². The summed E-state index contributed by atoms with van der Waals surface area (Å²) in [5.74, 6) is -0.163. The summed E-state index contributed by atoms with van der Waals surface area (Å²) in [6.07, 6.45) is 3.86. The zero-order valence-corrected chi connectivity index (χ0v) is 13.9. The van der Waals surface area contributed by atoms with E-state index in [-0.39, 0.29) is 12.0 Å². The molecule has 1 aromatic heterocycles. The number of nitrogens with zero attached hydrogens (tertiary/aromatic N) is 1. The number of amides is 1. The predicted molar refractivity (Wildman–Crippen MR) is 94.0 cm³/mol. The highest BCUT2D eigenvalue weighted by Crippen LogP contribution is 2.13. The molecule has 2 aromatic rings. The number of hydrogen-bond donors (Lipinski definition) is 2. The van der Waals surface area contributed by atoms with Gasteiger partial charge in [0.2, 0.25) is 0 Å². The van der Waals surface area contributed by atoms with Crippen LogP contribution in [0.5, 0.6) is 0 Å². The van der Waals surface area contributed by atoms with Crippen molar-refractivity contribution >= 4 is 11.6 Å². The molecule has 3 rings (SSSR count). The van der Waals surface area contributed by atoms with Crippen LogP contribution in [0.15, 0.2) is 42.6 Å². The molecule has 1 unspecified atom stereocenters. The Kier molecular flexibility index (Phi) is 5.43. The first-order valence-corrected chi connectivity index (χ1v) is 8.36. The number of aromatic nitrogens is 1. The highest BCUT2D eigenvalue weighted by atomic mass is 16.5. The molecular weight excluding hydrogens is 302 g/mol. The molecule has 24 heavy (non-hydrogen) atoms. The third kappa shape index (κ3) is 4.55. The molecule has 0 bridgehead atoms. The average molecular weight is 325 g/mol. The van der Waals surface area contributed by atoms with Crippen molar-refractivity contribution in [3.8, 4) is 0 Å². The number of pyridine rings is 1. The minimum absolute atomic E-state index is 0.136. The maximum atomic E-state index is 12.2. The molecular formula is C19H23N3O2. The van der Waals surface area contributed by atoms with Gasteiger partial charge in [-0.1, -0.05) is 29.8 Å². The molecule has 1 aliphatic heterocycles. The van der Waals surface area contributed by atoms with Crippen LogP contribution in [0.2, 0.25) is 0 Å². The summed E-state index contributed by atoms with van der Waals surface area (Å²) in [7, 11) is 0. The maximum absolute atomic E-state index is 12.2. The molecule has 1 saturated heterocycles. The minimum Gasteiger partial charge on any atom is -0.381 e. The normalized spacial score (nSPS) is 16.8. The quantitative estimate of drug-likeness (QED) is 0.857. The summed E-state index contributed by atoms with van der Waals surface area (Å²) in [5.41, 5.74) is 3.74. The fourth-order valence-corrected chi connectivity index (χ4v) is 2.68. The third-order valence-corrected chi connectivity index (χ3v) is 4.12. The van der Waals surface area contributed by atoms with Gasteiger partial charge in [-0.25, -0.2) is 0 Å². The topological polar surface area (TPSA) is 63.2 Å². The molecule has 0 saturated carbocycles. The number of carbonyl (C=O) groups is 1. The van der Waals surface area contributed by atoms with Crippen molar-refractivity contribution in [2.45, 2.75) is 32.4 Å². The van der Waals surface area contributed by atoms with Gasteiger partial charge in [-0.15, -0.1) is 0 Å². The van der Waals surface area contributed by atoms with Gasteiger partial charge in [-0.2, -0.15) is 0 Å². The lowest BCUT2D eigenvalue weighted by Gasteiger charge is -2.11. The van der Waals surface area contributed by atoms with Gasteiger partial charge in [0.25, 0.3) is 5.91 Å². The molecule has 2 heterocycles. The molecule has 0 spiro atoms. The van der Waals surface area contributed by atoms with Crippen LogP contribution in [0.25, 0.3) is 0 Å². The van der Waals surface area contributed by atoms with Crippen LogP contribution in [0.1, 0.15) is 34.5 Å². The third-order valence-electron chi connectivity index (χ3n) is 4.12. The standard InChI is InChI=1S/C19H23N3O2/c1-14-4-6-15(7-5-14)12-21-16-8-9-20-18(11-16)19(23)22-13-17-3-2-10-24-17/h4-9,11,17H,2-3,10,12-13H2,1H3,(H,20,21)(H,22,23). The van der Waals surface area contributed by atoms with Crippen LogP contribution in [0.4, 0.5) is 5.69 Å². The van der Waals surface area contributed by atoms with Crippen LogP contribution in [-0.2, 0) is 11.3 Å². The summed E-state index contributed by atoms with van der Waals surface area (Å²) in [5, 5.41) is 6.22. The molecule has 0 aliphatic carbocycles. The van der Waals surface area contributed by atoms with E-state index < -0.39 is 0 Å². The Morgan fingerprint density at radius 1 is 1.29 bits per heavy atom. The number of aryl methyl sites for hydroxylation is 1. The number of ether oxygens (including phenoxy) is 1. The smallest absolute Gasteiger partial charge is 0.270 e. The summed E-state index contributed by atoms with van der Waals surface area (Å²) in [6, 6.07) is 12.0. The Balaban J connectivity index is 1.54. The van der Waals surface area contributed by atoms with Gasteiger partial charge in [0.1, 0.15) is 5.69 Å². The SMILES string of the molecule is Cc1ccc(CNc2ccnc(C(=O)NCC3CCCO3)c2)cc1. The zero-order valence-electron chi connectivity index (χ0n) is 13.9. The van der Waals surface area contributed by atoms with Crippen molar-refractivity contribution in [1.29, 1.82) is 0 Å². The van der Waals surface area contributed by atoms with Gasteiger partial charge in [0.05, 0.1) is 6.10 Å². The highest BCUT2D eigenvalue weighted by molar-refractivity contribution is 5.93. The van der Waals surface area contributed by atoms with E-state index in [0.29, 0.717) is 18.8 Å². The second-order valence-corrected chi connectivity index (χ2v) is 6.11. The molecule has 1 atom stereocenters. The van der Waals surface area contributed by atoms with Gasteiger partial charge in [0, 0.05) is 31.6 Å². The zero-order chi connectivity index (χ0) is 16.8. The van der Waals surface area contributed by atoms with Gasteiger partial charge in [-0.3, -0.25) is 9.78 Å². The van der Waals surface area contributed by atoms with Gasteiger partial charge in [0.15, 0.2) is 0 Å². The first-order valence-electron chi connectivity index (χ1n) is 8.36. The Morgan fingerprint density at radius 3 is 2.88 bits per heavy atom. The fraction of sp³-hybridized carbons (Fsp3) is 0.368. The van der Waals surface area contributed by atoms with Gasteiger partial charge >= 0.3 is 0 Å². The number of rotatable bonds is 6. The van der Waals surface area contributed by atoms with Crippen molar-refractivity contribution < 1.29 is 9.53 Å². The first-order chi connectivity index (χ1) is 11.7. The molecule has 1 aromatic carbocycles. The van der Waals surface area contributed by atoms with Gasteiger partial charge in [-0.05, 0) is 37.5 Å². The van der Waals surface area contributed by atoms with E-state index in [1.165, 1.54) is 11.1 Å². The first kappa shape index (κ1) is 16.5. The predicted octanol–water partition coefficient (Wildman–Crippen LogP) is 2.91. The summed E-state index contributed by atoms with van der Waals surface area (Å²) in [6.45, 7) is 4.11. The van der Waals surface area contributed by atoms with E-state index in [1.807, 2.05) is 6.07 Å². The van der Waals surface area contributed by atoms with E-state index >= 15 is 0 Å². The molecule has 1 amide bonds. The number of hydrogen-bond acceptors (Lipinski definition) is 4. The van der Waals surface area contributed by atoms with E-state index in [4.69, 9.17) is 4.74 Å². The minimum atomic E-state index is -0.163. The average Bonchev–Trinajstić information content (AvgIpc) is 3.13. The monoisotopic (exact) mass is 325 g/mol. The van der Waals surface area contributed by atoms with Crippen molar-refractivity contribution in [2.24, 2.45) is 0 Å². The molecule has 1 aliphatic rings. The van der Waals surface area contributed by atoms with Crippen molar-refractivity contribution in [1.82, 2.24) is 10.3 Å². The van der Waals surface area contributed by atoms with Crippen molar-refractivity contribution in [3.63, 3.8) is 0 Å². The van der Waals surface area contributed by atoms with Crippen LogP contribution in [-0.4, -0.2) is 30.1 Å². The fourth-order valence-electron chi connectivity index (χ4n) is 2.68. The van der Waals surface area contributed by atoms with E-state index in [0.717, 1.165) is 25.1 Å². The Hall–Kier alpha value is -2.40. The molecule has 0 radical (unpaired) electrons. The summed E-state index contributed by atoms with van der Waals surface area (Å²) in [4.78, 5) is 16.4. The Labute approximate surface area is 142 Å². The van der Waals surface area contributed by atoms with E-state index in [1.54, 1.807) is 12.3 Å². The largest absolute Gasteiger partial charge is 0.381 e. The van der Waals surface area contributed by atoms with Crippen LogP contribution < -0.4 is 10.6 Å².